The number of nitrogens with one attached hydrogen (secondary N) is 1. The molecule has 0 unspecified atom stereocenters. The Kier molecular flexibility index (Phi) is 2.81. The van der Waals surface area contributed by atoms with Crippen molar-refractivity contribution in [2.75, 3.05) is 12.4 Å². The molecule has 0 spiro atoms. The quantitative estimate of drug-likeness (QED) is 0.736. The monoisotopic (exact) mass is 192 g/mol. The highest BCUT2D eigenvalue weighted by Gasteiger charge is 2.11. The molecule has 0 bridgehead atoms. The lowest BCUT2D eigenvalue weighted by molar-refractivity contribution is 0.0999. The van der Waals surface area contributed by atoms with Crippen molar-refractivity contribution in [1.82, 2.24) is 9.97 Å². The van der Waals surface area contributed by atoms with Crippen molar-refractivity contribution in [3.8, 4) is 0 Å². The lowest BCUT2D eigenvalue weighted by Crippen LogP contribution is -2.15. The molecule has 1 aromatic rings. The van der Waals surface area contributed by atoms with Crippen LogP contribution in [-0.4, -0.2) is 22.9 Å². The molecule has 0 saturated heterocycles. The second-order valence-electron chi connectivity index (χ2n) is 2.85. The number of hydrogen-bond acceptors (Lipinski definition) is 4. The van der Waals surface area contributed by atoms with Gasteiger partial charge in [-0.25, -0.2) is 9.97 Å². The molecule has 5 nitrogen and oxygen atoms in total. The molecule has 74 valence electrons. The molecule has 0 aliphatic carbocycles. The van der Waals surface area contributed by atoms with Crippen LogP contribution in [0.2, 0.25) is 0 Å². The van der Waals surface area contributed by atoms with Crippen LogP contribution in [0.1, 0.15) is 23.0 Å². The molecule has 0 fully saturated rings. The topological polar surface area (TPSA) is 80.9 Å². The minimum Gasteiger partial charge on any atom is -0.365 e. The van der Waals surface area contributed by atoms with Gasteiger partial charge in [-0.1, -0.05) is 6.58 Å². The maximum Gasteiger partial charge on any atom is 0.252 e. The van der Waals surface area contributed by atoms with Crippen molar-refractivity contribution in [2.45, 2.75) is 6.92 Å². The van der Waals surface area contributed by atoms with Gasteiger partial charge in [-0.15, -0.1) is 0 Å². The fourth-order valence-corrected chi connectivity index (χ4v) is 1.01. The van der Waals surface area contributed by atoms with Gasteiger partial charge in [0.2, 0.25) is 5.95 Å². The Morgan fingerprint density at radius 3 is 2.71 bits per heavy atom. The van der Waals surface area contributed by atoms with Gasteiger partial charge >= 0.3 is 0 Å². The molecule has 0 atom stereocenters. The van der Waals surface area contributed by atoms with Gasteiger partial charge in [0.1, 0.15) is 0 Å². The van der Waals surface area contributed by atoms with Crippen LogP contribution in [0.15, 0.2) is 12.8 Å². The van der Waals surface area contributed by atoms with E-state index in [4.69, 9.17) is 5.73 Å². The van der Waals surface area contributed by atoms with E-state index in [0.29, 0.717) is 17.2 Å². The van der Waals surface area contributed by atoms with Crippen molar-refractivity contribution in [3.05, 3.63) is 24.0 Å². The average Bonchev–Trinajstić information content (AvgIpc) is 2.16. The first-order chi connectivity index (χ1) is 6.56. The average molecular weight is 192 g/mol. The molecular formula is C9H12N4O. The zero-order chi connectivity index (χ0) is 10.7. The summed E-state index contributed by atoms with van der Waals surface area (Å²) >= 11 is 0. The normalized spacial score (nSPS) is 9.57. The van der Waals surface area contributed by atoms with Crippen LogP contribution in [0.5, 0.6) is 0 Å². The Bertz CT molecular complexity index is 386. The van der Waals surface area contributed by atoms with E-state index in [0.717, 1.165) is 0 Å². The lowest BCUT2D eigenvalue weighted by Gasteiger charge is -2.06. The third kappa shape index (κ3) is 1.87. The number of amides is 1. The second-order valence-corrected chi connectivity index (χ2v) is 2.85. The number of nitrogens with zero attached hydrogens (tertiary/aromatic N) is 2. The first-order valence-corrected chi connectivity index (χ1v) is 4.06. The second kappa shape index (κ2) is 3.87. The highest BCUT2D eigenvalue weighted by atomic mass is 16.1. The van der Waals surface area contributed by atoms with Crippen LogP contribution in [0, 0.1) is 0 Å². The molecule has 5 heteroatoms. The van der Waals surface area contributed by atoms with Crippen LogP contribution in [0.3, 0.4) is 0 Å². The summed E-state index contributed by atoms with van der Waals surface area (Å²) in [6.07, 6.45) is 1.39. The van der Waals surface area contributed by atoms with Crippen molar-refractivity contribution < 1.29 is 4.79 Å². The minimum absolute atomic E-state index is 0.288. The maximum absolute atomic E-state index is 11.0. The van der Waals surface area contributed by atoms with E-state index in [-0.39, 0.29) is 5.56 Å². The van der Waals surface area contributed by atoms with Crippen molar-refractivity contribution in [1.29, 1.82) is 0 Å². The molecular weight excluding hydrogens is 180 g/mol. The number of nitrogens with two attached hydrogens (primary N) is 1. The van der Waals surface area contributed by atoms with Crippen LogP contribution < -0.4 is 11.1 Å². The molecule has 1 amide bonds. The number of anilines is 1. The zero-order valence-electron chi connectivity index (χ0n) is 8.16. The number of allylic oxidation sites excluding steroid dienone is 1. The van der Waals surface area contributed by atoms with Crippen LogP contribution in [-0.2, 0) is 0 Å². The summed E-state index contributed by atoms with van der Waals surface area (Å²) in [5.74, 6) is -0.112. The maximum atomic E-state index is 11.0. The molecule has 0 radical (unpaired) electrons. The molecule has 1 rings (SSSR count). The fourth-order valence-electron chi connectivity index (χ4n) is 1.01. The molecule has 1 aromatic heterocycles. The number of carbonyl (C=O) groups is 1. The van der Waals surface area contributed by atoms with Gasteiger partial charge < -0.3 is 11.1 Å². The van der Waals surface area contributed by atoms with Gasteiger partial charge in [0.05, 0.1) is 11.3 Å². The summed E-state index contributed by atoms with van der Waals surface area (Å²) in [7, 11) is 1.70. The highest BCUT2D eigenvalue weighted by molar-refractivity contribution is 5.96. The molecule has 0 saturated carbocycles. The molecule has 3 N–H and O–H groups in total. The summed E-state index contributed by atoms with van der Waals surface area (Å²) in [5, 5.41) is 2.77. The summed E-state index contributed by atoms with van der Waals surface area (Å²) < 4.78 is 0. The summed E-state index contributed by atoms with van der Waals surface area (Å²) in [6.45, 7) is 5.48. The van der Waals surface area contributed by atoms with Crippen molar-refractivity contribution in [3.63, 3.8) is 0 Å². The predicted molar refractivity (Wildman–Crippen MR) is 54.8 cm³/mol. The first kappa shape index (κ1) is 10.2. The Morgan fingerprint density at radius 2 is 2.29 bits per heavy atom. The van der Waals surface area contributed by atoms with Crippen molar-refractivity contribution in [2.24, 2.45) is 5.73 Å². The van der Waals surface area contributed by atoms with Crippen LogP contribution >= 0.6 is 0 Å². The molecule has 0 aliphatic rings. The Morgan fingerprint density at radius 1 is 1.64 bits per heavy atom. The largest absolute Gasteiger partial charge is 0.365 e. The van der Waals surface area contributed by atoms with Gasteiger partial charge in [0.25, 0.3) is 5.91 Å². The molecule has 0 aromatic carbocycles. The number of rotatable bonds is 3. The van der Waals surface area contributed by atoms with E-state index >= 15 is 0 Å². The Hall–Kier alpha value is -1.91. The van der Waals surface area contributed by atoms with E-state index in [1.165, 1.54) is 6.20 Å². The fraction of sp³-hybridized carbons (Fsp3) is 0.222. The standard InChI is InChI=1S/C9H12N4O/c1-5(2)7-6(8(10)14)4-12-9(11-3)13-7/h4H,1H2,2-3H3,(H2,10,14)(H,11,12,13). The molecule has 1 heterocycles. The van der Waals surface area contributed by atoms with Crippen molar-refractivity contribution >= 4 is 17.4 Å². The van der Waals surface area contributed by atoms with Crippen LogP contribution in [0.25, 0.3) is 5.57 Å². The smallest absolute Gasteiger partial charge is 0.252 e. The molecule has 14 heavy (non-hydrogen) atoms. The highest BCUT2D eigenvalue weighted by Crippen LogP contribution is 2.15. The SMILES string of the molecule is C=C(C)c1nc(NC)ncc1C(N)=O. The summed E-state index contributed by atoms with van der Waals surface area (Å²) in [6, 6.07) is 0. The number of carbonyl (C=O) groups excluding carboxylic acids is 1. The third-order valence-corrected chi connectivity index (χ3v) is 1.68. The first-order valence-electron chi connectivity index (χ1n) is 4.06. The van der Waals surface area contributed by atoms with Gasteiger partial charge in [-0.05, 0) is 12.5 Å². The van der Waals surface area contributed by atoms with E-state index in [1.807, 2.05) is 0 Å². The number of hydrogen-bond donors (Lipinski definition) is 2. The van der Waals surface area contributed by atoms with E-state index in [1.54, 1.807) is 14.0 Å². The predicted octanol–water partition coefficient (Wildman–Crippen LogP) is 0.650. The third-order valence-electron chi connectivity index (χ3n) is 1.68. The van der Waals surface area contributed by atoms with Gasteiger partial charge in [0.15, 0.2) is 0 Å². The Labute approximate surface area is 82.1 Å². The van der Waals surface area contributed by atoms with E-state index in [9.17, 15) is 4.79 Å². The number of primary amides is 1. The molecule has 0 aliphatic heterocycles. The Balaban J connectivity index is 3.31. The van der Waals surface area contributed by atoms with Gasteiger partial charge in [-0.2, -0.15) is 0 Å². The summed E-state index contributed by atoms with van der Waals surface area (Å²) in [5.41, 5.74) is 6.61. The van der Waals surface area contributed by atoms with E-state index < -0.39 is 5.91 Å². The summed E-state index contributed by atoms with van der Waals surface area (Å²) in [4.78, 5) is 19.0. The van der Waals surface area contributed by atoms with Gasteiger partial charge in [-0.3, -0.25) is 4.79 Å². The minimum atomic E-state index is -0.550. The number of aromatic nitrogens is 2. The lowest BCUT2D eigenvalue weighted by atomic mass is 10.1. The van der Waals surface area contributed by atoms with Crippen LogP contribution in [0.4, 0.5) is 5.95 Å². The van der Waals surface area contributed by atoms with Gasteiger partial charge in [0, 0.05) is 13.2 Å². The van der Waals surface area contributed by atoms with E-state index in [2.05, 4.69) is 21.9 Å². The zero-order valence-corrected chi connectivity index (χ0v) is 8.16.